The average Bonchev–Trinajstić information content (AvgIpc) is 3.57. The molecule has 16 heteroatoms. The Hall–Kier alpha value is -4.24. The molecule has 3 aromatic heterocycles. The normalized spacial score (nSPS) is 14.4. The highest BCUT2D eigenvalue weighted by atomic mass is 35.5. The first-order valence-electron chi connectivity index (χ1n) is 13.8. The fraction of sp³-hybridized carbons (Fsp3) is 0.393. The fourth-order valence-electron chi connectivity index (χ4n) is 4.92. The van der Waals surface area contributed by atoms with E-state index in [0.717, 1.165) is 6.92 Å². The van der Waals surface area contributed by atoms with Crippen LogP contribution in [-0.4, -0.2) is 79.3 Å². The van der Waals surface area contributed by atoms with E-state index in [4.69, 9.17) is 11.6 Å². The highest BCUT2D eigenvalue weighted by molar-refractivity contribution is 6.31. The number of rotatable bonds is 11. The Labute approximate surface area is 254 Å². The number of ether oxygens (including phenoxy) is 1. The van der Waals surface area contributed by atoms with Gasteiger partial charge in [0, 0.05) is 61.3 Å². The molecular weight excluding hydrogens is 608 g/mol. The van der Waals surface area contributed by atoms with Crippen molar-refractivity contribution in [3.63, 3.8) is 0 Å². The van der Waals surface area contributed by atoms with Gasteiger partial charge in [0.15, 0.2) is 5.65 Å². The van der Waals surface area contributed by atoms with E-state index in [9.17, 15) is 27.2 Å². The molecule has 1 saturated heterocycles. The third kappa shape index (κ3) is 7.63. The highest BCUT2D eigenvalue weighted by Gasteiger charge is 2.27. The number of piperidine rings is 1. The summed E-state index contributed by atoms with van der Waals surface area (Å²) in [6, 6.07) is 5.67. The number of nitrogens with one attached hydrogen (secondary N) is 2. The molecule has 5 rings (SSSR count). The minimum Gasteiger partial charge on any atom is -0.434 e. The number of amides is 2. The number of nitrogens with zero attached hydrogens (tertiary/aromatic N) is 6. The lowest BCUT2D eigenvalue weighted by atomic mass is 10.0. The van der Waals surface area contributed by atoms with Crippen molar-refractivity contribution in [1.82, 2.24) is 34.6 Å². The molecule has 11 nitrogen and oxygen atoms in total. The van der Waals surface area contributed by atoms with E-state index in [1.54, 1.807) is 17.2 Å². The van der Waals surface area contributed by atoms with Crippen LogP contribution < -0.4 is 15.4 Å². The molecule has 0 aliphatic carbocycles. The van der Waals surface area contributed by atoms with Crippen LogP contribution in [0.1, 0.15) is 36.5 Å². The lowest BCUT2D eigenvalue weighted by Crippen LogP contribution is -2.46. The second-order valence-corrected chi connectivity index (χ2v) is 10.9. The topological polar surface area (TPSA) is 119 Å². The number of benzene rings is 1. The van der Waals surface area contributed by atoms with Crippen LogP contribution >= 0.6 is 11.6 Å². The maximum atomic E-state index is 13.3. The predicted molar refractivity (Wildman–Crippen MR) is 153 cm³/mol. The summed E-state index contributed by atoms with van der Waals surface area (Å²) in [6.07, 6.45) is 6.80. The van der Waals surface area contributed by atoms with Gasteiger partial charge in [0.25, 0.3) is 5.91 Å². The van der Waals surface area contributed by atoms with Crippen molar-refractivity contribution in [3.8, 4) is 17.0 Å². The van der Waals surface area contributed by atoms with Crippen molar-refractivity contribution in [1.29, 1.82) is 0 Å². The summed E-state index contributed by atoms with van der Waals surface area (Å²) >= 11 is 6.18. The number of carbonyl (C=O) groups is 2. The summed E-state index contributed by atoms with van der Waals surface area (Å²) < 4.78 is 60.1. The average molecular weight is 637 g/mol. The van der Waals surface area contributed by atoms with E-state index >= 15 is 0 Å². The Morgan fingerprint density at radius 1 is 1.23 bits per heavy atom. The second kappa shape index (κ2) is 13.2. The van der Waals surface area contributed by atoms with Gasteiger partial charge in [0.2, 0.25) is 11.8 Å². The van der Waals surface area contributed by atoms with Gasteiger partial charge >= 0.3 is 6.61 Å². The van der Waals surface area contributed by atoms with Crippen LogP contribution in [0.25, 0.3) is 16.9 Å². The predicted octanol–water partition coefficient (Wildman–Crippen LogP) is 4.73. The molecule has 0 bridgehead atoms. The maximum Gasteiger partial charge on any atom is 0.387 e. The molecular formula is C28H29ClF4N8O3. The standard InChI is InChI=1S/C28H29ClF4N8O3/c1-28(32,33)7-9-34-18-5-11-39(12-6-18)23(42)16-40-15-21(37-26(43)20-14-36-41-10-2-8-35-25(20)41)24(38-40)19-13-17(29)3-4-22(19)44-27(30)31/h2-4,8,10,13-15,18,27,34H,5-7,9,11-12,16H2,1H3,(H,37,43). The smallest absolute Gasteiger partial charge is 0.387 e. The van der Waals surface area contributed by atoms with Crippen LogP contribution in [0.2, 0.25) is 5.02 Å². The summed E-state index contributed by atoms with van der Waals surface area (Å²) in [5.74, 6) is -3.84. The number of likely N-dealkylation sites (tertiary alicyclic amines) is 1. The second-order valence-electron chi connectivity index (χ2n) is 10.4. The summed E-state index contributed by atoms with van der Waals surface area (Å²) in [5, 5.41) is 14.6. The van der Waals surface area contributed by atoms with Gasteiger partial charge in [0.1, 0.15) is 23.6 Å². The molecule has 0 unspecified atom stereocenters. The van der Waals surface area contributed by atoms with Gasteiger partial charge in [-0.2, -0.15) is 19.0 Å². The molecule has 4 aromatic rings. The number of fused-ring (bicyclic) bond motifs is 1. The van der Waals surface area contributed by atoms with E-state index in [2.05, 4.69) is 30.6 Å². The lowest BCUT2D eigenvalue weighted by Gasteiger charge is -2.32. The molecule has 1 aromatic carbocycles. The Balaban J connectivity index is 1.36. The number of aromatic nitrogens is 5. The molecule has 0 saturated carbocycles. The van der Waals surface area contributed by atoms with Crippen molar-refractivity contribution in [3.05, 3.63) is 59.6 Å². The summed E-state index contributed by atoms with van der Waals surface area (Å²) in [4.78, 5) is 32.3. The quantitative estimate of drug-likeness (QED) is 0.229. The Bertz CT molecular complexity index is 1630. The van der Waals surface area contributed by atoms with Crippen molar-refractivity contribution in [2.45, 2.75) is 51.3 Å². The van der Waals surface area contributed by atoms with Crippen LogP contribution in [0.15, 0.2) is 49.1 Å². The molecule has 1 fully saturated rings. The molecule has 0 radical (unpaired) electrons. The minimum atomic E-state index is -3.14. The first kappa shape index (κ1) is 31.2. The van der Waals surface area contributed by atoms with Gasteiger partial charge in [-0.3, -0.25) is 14.3 Å². The van der Waals surface area contributed by atoms with Crippen molar-refractivity contribution in [2.75, 3.05) is 25.0 Å². The van der Waals surface area contributed by atoms with Gasteiger partial charge < -0.3 is 20.3 Å². The van der Waals surface area contributed by atoms with Gasteiger partial charge in [-0.05, 0) is 44.0 Å². The lowest BCUT2D eigenvalue weighted by molar-refractivity contribution is -0.133. The fourth-order valence-corrected chi connectivity index (χ4v) is 5.10. The summed E-state index contributed by atoms with van der Waals surface area (Å²) in [5.41, 5.74) is 0.663. The largest absolute Gasteiger partial charge is 0.434 e. The Morgan fingerprint density at radius 2 is 2.00 bits per heavy atom. The zero-order chi connectivity index (χ0) is 31.4. The van der Waals surface area contributed by atoms with E-state index in [-0.39, 0.29) is 64.7 Å². The van der Waals surface area contributed by atoms with Crippen LogP contribution in [0.5, 0.6) is 5.75 Å². The molecule has 44 heavy (non-hydrogen) atoms. The molecule has 0 spiro atoms. The zero-order valence-electron chi connectivity index (χ0n) is 23.5. The number of carbonyl (C=O) groups excluding carboxylic acids is 2. The minimum absolute atomic E-state index is 0.0185. The van der Waals surface area contributed by atoms with E-state index in [1.807, 2.05) is 0 Å². The Morgan fingerprint density at radius 3 is 2.73 bits per heavy atom. The van der Waals surface area contributed by atoms with Gasteiger partial charge in [-0.15, -0.1) is 0 Å². The monoisotopic (exact) mass is 636 g/mol. The highest BCUT2D eigenvalue weighted by Crippen LogP contribution is 2.37. The third-order valence-electron chi connectivity index (χ3n) is 7.09. The van der Waals surface area contributed by atoms with E-state index < -0.39 is 18.4 Å². The molecule has 1 aliphatic heterocycles. The number of hydrogen-bond donors (Lipinski definition) is 2. The summed E-state index contributed by atoms with van der Waals surface area (Å²) in [6.45, 7) is -1.47. The van der Waals surface area contributed by atoms with Crippen LogP contribution in [0.4, 0.5) is 23.2 Å². The van der Waals surface area contributed by atoms with Gasteiger partial charge in [0.05, 0.1) is 11.9 Å². The van der Waals surface area contributed by atoms with E-state index in [0.29, 0.717) is 31.6 Å². The zero-order valence-corrected chi connectivity index (χ0v) is 24.3. The number of anilines is 1. The Kier molecular flexibility index (Phi) is 9.34. The maximum absolute atomic E-state index is 13.3. The number of hydrogen-bond acceptors (Lipinski definition) is 7. The molecule has 234 valence electrons. The first-order valence-corrected chi connectivity index (χ1v) is 14.2. The molecule has 2 N–H and O–H groups in total. The molecule has 1 aliphatic rings. The SMILES string of the molecule is CC(F)(F)CCNC1CCN(C(=O)Cn2cc(NC(=O)c3cnn4cccnc34)c(-c3cc(Cl)ccc3OC(F)F)n2)CC1. The first-order chi connectivity index (χ1) is 21.0. The van der Waals surface area contributed by atoms with Crippen LogP contribution in [0, 0.1) is 0 Å². The number of halogens is 5. The van der Waals surface area contributed by atoms with Crippen molar-refractivity contribution >= 4 is 34.7 Å². The molecule has 4 heterocycles. The van der Waals surface area contributed by atoms with Crippen LogP contribution in [-0.2, 0) is 11.3 Å². The van der Waals surface area contributed by atoms with Gasteiger partial charge in [-0.25, -0.2) is 18.3 Å². The van der Waals surface area contributed by atoms with Crippen LogP contribution in [0.3, 0.4) is 0 Å². The third-order valence-corrected chi connectivity index (χ3v) is 7.32. The number of alkyl halides is 4. The van der Waals surface area contributed by atoms with Crippen molar-refractivity contribution < 1.29 is 31.9 Å². The van der Waals surface area contributed by atoms with Crippen molar-refractivity contribution in [2.24, 2.45) is 0 Å². The summed E-state index contributed by atoms with van der Waals surface area (Å²) in [7, 11) is 0. The molecule has 2 amide bonds. The van der Waals surface area contributed by atoms with Gasteiger partial charge in [-0.1, -0.05) is 11.6 Å². The van der Waals surface area contributed by atoms with E-state index in [1.165, 1.54) is 46.0 Å². The molecule has 0 atom stereocenters.